The largest absolute Gasteiger partial charge is 0.311 e. The summed E-state index contributed by atoms with van der Waals surface area (Å²) in [4.78, 5) is 4.63. The molecule has 0 amide bonds. The van der Waals surface area contributed by atoms with Crippen LogP contribution in [0, 0.1) is 0 Å². The van der Waals surface area contributed by atoms with E-state index in [1.165, 1.54) is 64.5 Å². The Morgan fingerprint density at radius 1 is 0.256 bits per heavy atom. The second kappa shape index (κ2) is 14.2. The maximum absolute atomic E-state index is 2.31. The third-order valence-corrected chi connectivity index (χ3v) is 7.88. The van der Waals surface area contributed by atoms with Gasteiger partial charge in [0.1, 0.15) is 0 Å². The lowest BCUT2D eigenvalue weighted by Crippen LogP contribution is -2.09. The van der Waals surface area contributed by atoms with E-state index in [2.05, 4.69) is 180 Å². The Kier molecular flexibility index (Phi) is 9.27. The monoisotopic (exact) mass is 558 g/mol. The Morgan fingerprint density at radius 3 is 0.791 bits per heavy atom. The Labute approximate surface area is 256 Å². The van der Waals surface area contributed by atoms with Gasteiger partial charge in [0, 0.05) is 34.1 Å². The van der Waals surface area contributed by atoms with E-state index in [0.29, 0.717) is 0 Å². The standard InChI is InChI=1S/C41H38N2/c1(6-16-34-26-30-40(31-27-34)42(36-18-8-2-9-19-36)37-20-10-3-11-21-37)7-17-35-28-32-41(33-29-35)43(38-22-12-4-13-23-38)39-24-14-5-15-25-39/h2-5,8-15,18-33H,1,6-7,16-17H2. The van der Waals surface area contributed by atoms with Gasteiger partial charge in [-0.1, -0.05) is 103 Å². The molecule has 0 spiro atoms. The van der Waals surface area contributed by atoms with E-state index in [0.717, 1.165) is 12.8 Å². The maximum Gasteiger partial charge on any atom is 0.0461 e. The number of para-hydroxylation sites is 4. The predicted octanol–water partition coefficient (Wildman–Crippen LogP) is 11.6. The number of benzene rings is 6. The normalized spacial score (nSPS) is 10.8. The van der Waals surface area contributed by atoms with Crippen molar-refractivity contribution in [3.8, 4) is 0 Å². The summed E-state index contributed by atoms with van der Waals surface area (Å²) < 4.78 is 0. The molecule has 0 aliphatic heterocycles. The summed E-state index contributed by atoms with van der Waals surface area (Å²) in [5.74, 6) is 0. The summed E-state index contributed by atoms with van der Waals surface area (Å²) in [6, 6.07) is 60.5. The van der Waals surface area contributed by atoms with E-state index in [1.54, 1.807) is 0 Å². The molecule has 0 fully saturated rings. The van der Waals surface area contributed by atoms with Gasteiger partial charge in [0.2, 0.25) is 0 Å². The zero-order chi connectivity index (χ0) is 29.1. The van der Waals surface area contributed by atoms with E-state index in [4.69, 9.17) is 0 Å². The lowest BCUT2D eigenvalue weighted by molar-refractivity contribution is 0.678. The SMILES string of the molecule is c1ccc(N(c2ccccc2)c2ccc(CCCCCc3ccc(N(c4ccccc4)c4ccccc4)cc3)cc2)cc1. The van der Waals surface area contributed by atoms with Gasteiger partial charge < -0.3 is 9.80 Å². The molecular formula is C41H38N2. The lowest BCUT2D eigenvalue weighted by atomic mass is 10.0. The molecule has 0 aromatic heterocycles. The van der Waals surface area contributed by atoms with Crippen LogP contribution in [0.2, 0.25) is 0 Å². The van der Waals surface area contributed by atoms with Gasteiger partial charge in [-0.15, -0.1) is 0 Å². The fraction of sp³-hybridized carbons (Fsp3) is 0.122. The summed E-state index contributed by atoms with van der Waals surface area (Å²) in [5.41, 5.74) is 9.84. The van der Waals surface area contributed by atoms with Crippen molar-refractivity contribution in [2.24, 2.45) is 0 Å². The minimum Gasteiger partial charge on any atom is -0.311 e. The molecule has 0 aliphatic rings. The highest BCUT2D eigenvalue weighted by atomic mass is 15.1. The van der Waals surface area contributed by atoms with Gasteiger partial charge in [-0.3, -0.25) is 0 Å². The first kappa shape index (κ1) is 28.1. The highest BCUT2D eigenvalue weighted by Crippen LogP contribution is 2.35. The zero-order valence-electron chi connectivity index (χ0n) is 24.6. The van der Waals surface area contributed by atoms with Gasteiger partial charge >= 0.3 is 0 Å². The zero-order valence-corrected chi connectivity index (χ0v) is 24.6. The second-order valence-electron chi connectivity index (χ2n) is 10.9. The van der Waals surface area contributed by atoms with Crippen molar-refractivity contribution in [2.45, 2.75) is 32.1 Å². The van der Waals surface area contributed by atoms with Crippen molar-refractivity contribution in [3.05, 3.63) is 181 Å². The summed E-state index contributed by atoms with van der Waals surface area (Å²) in [6.45, 7) is 0. The number of rotatable bonds is 12. The molecule has 2 heteroatoms. The van der Waals surface area contributed by atoms with Crippen molar-refractivity contribution in [1.82, 2.24) is 0 Å². The smallest absolute Gasteiger partial charge is 0.0461 e. The fourth-order valence-electron chi connectivity index (χ4n) is 5.66. The van der Waals surface area contributed by atoms with Crippen LogP contribution in [0.1, 0.15) is 30.4 Å². The summed E-state index contributed by atoms with van der Waals surface area (Å²) >= 11 is 0. The summed E-state index contributed by atoms with van der Waals surface area (Å²) in [7, 11) is 0. The van der Waals surface area contributed by atoms with Crippen molar-refractivity contribution < 1.29 is 0 Å². The number of hydrogen-bond donors (Lipinski definition) is 0. The van der Waals surface area contributed by atoms with E-state index in [9.17, 15) is 0 Å². The molecule has 6 aromatic rings. The number of unbranched alkanes of at least 4 members (excludes halogenated alkanes) is 2. The molecule has 0 aliphatic carbocycles. The van der Waals surface area contributed by atoms with Gasteiger partial charge in [-0.2, -0.15) is 0 Å². The van der Waals surface area contributed by atoms with Gasteiger partial charge in [0.25, 0.3) is 0 Å². The topological polar surface area (TPSA) is 6.48 Å². The molecule has 43 heavy (non-hydrogen) atoms. The Balaban J connectivity index is 1.03. The molecule has 2 nitrogen and oxygen atoms in total. The Morgan fingerprint density at radius 2 is 0.512 bits per heavy atom. The molecule has 0 saturated heterocycles. The highest BCUT2D eigenvalue weighted by Gasteiger charge is 2.13. The predicted molar refractivity (Wildman–Crippen MR) is 184 cm³/mol. The molecule has 6 aromatic carbocycles. The minimum absolute atomic E-state index is 1.11. The number of aryl methyl sites for hydroxylation is 2. The van der Waals surface area contributed by atoms with Crippen molar-refractivity contribution >= 4 is 34.1 Å². The van der Waals surface area contributed by atoms with Crippen LogP contribution >= 0.6 is 0 Å². The first-order valence-corrected chi connectivity index (χ1v) is 15.3. The number of anilines is 6. The lowest BCUT2D eigenvalue weighted by Gasteiger charge is -2.25. The molecule has 212 valence electrons. The van der Waals surface area contributed by atoms with Crippen molar-refractivity contribution in [2.75, 3.05) is 9.80 Å². The van der Waals surface area contributed by atoms with Crippen molar-refractivity contribution in [3.63, 3.8) is 0 Å². The van der Waals surface area contributed by atoms with Crippen LogP contribution in [-0.4, -0.2) is 0 Å². The van der Waals surface area contributed by atoms with Crippen LogP contribution in [0.15, 0.2) is 170 Å². The molecule has 6 rings (SSSR count). The van der Waals surface area contributed by atoms with Gasteiger partial charge in [-0.05, 0) is 110 Å². The van der Waals surface area contributed by atoms with Crippen LogP contribution in [0.5, 0.6) is 0 Å². The average molecular weight is 559 g/mol. The quantitative estimate of drug-likeness (QED) is 0.138. The summed E-state index contributed by atoms with van der Waals surface area (Å²) in [5, 5.41) is 0. The van der Waals surface area contributed by atoms with Crippen LogP contribution in [0.25, 0.3) is 0 Å². The molecule has 0 unspecified atom stereocenters. The first-order chi connectivity index (χ1) is 21.3. The van der Waals surface area contributed by atoms with Gasteiger partial charge in [0.05, 0.1) is 0 Å². The number of nitrogens with zero attached hydrogens (tertiary/aromatic N) is 2. The average Bonchev–Trinajstić information content (AvgIpc) is 3.08. The molecular weight excluding hydrogens is 520 g/mol. The van der Waals surface area contributed by atoms with E-state index in [-0.39, 0.29) is 0 Å². The first-order valence-electron chi connectivity index (χ1n) is 15.3. The molecule has 0 bridgehead atoms. The third-order valence-electron chi connectivity index (χ3n) is 7.88. The van der Waals surface area contributed by atoms with E-state index >= 15 is 0 Å². The summed E-state index contributed by atoms with van der Waals surface area (Å²) in [6.07, 6.45) is 5.85. The van der Waals surface area contributed by atoms with Crippen LogP contribution < -0.4 is 9.80 Å². The van der Waals surface area contributed by atoms with E-state index in [1.807, 2.05) is 0 Å². The molecule has 0 saturated carbocycles. The molecule has 0 radical (unpaired) electrons. The number of hydrogen-bond acceptors (Lipinski definition) is 2. The molecule has 0 N–H and O–H groups in total. The Hall–Kier alpha value is -5.08. The highest BCUT2D eigenvalue weighted by molar-refractivity contribution is 5.77. The van der Waals surface area contributed by atoms with Gasteiger partial charge in [-0.25, -0.2) is 0 Å². The van der Waals surface area contributed by atoms with Gasteiger partial charge in [0.15, 0.2) is 0 Å². The van der Waals surface area contributed by atoms with Crippen LogP contribution in [0.4, 0.5) is 34.1 Å². The molecule has 0 atom stereocenters. The van der Waals surface area contributed by atoms with Crippen molar-refractivity contribution in [1.29, 1.82) is 0 Å². The van der Waals surface area contributed by atoms with Crippen LogP contribution in [-0.2, 0) is 12.8 Å². The second-order valence-corrected chi connectivity index (χ2v) is 10.9. The fourth-order valence-corrected chi connectivity index (χ4v) is 5.66. The Bertz CT molecular complexity index is 1440. The minimum atomic E-state index is 1.11. The van der Waals surface area contributed by atoms with Crippen LogP contribution in [0.3, 0.4) is 0 Å². The van der Waals surface area contributed by atoms with E-state index < -0.39 is 0 Å². The maximum atomic E-state index is 2.31. The third kappa shape index (κ3) is 7.23. The molecule has 0 heterocycles.